The molecule has 2 rings (SSSR count). The van der Waals surface area contributed by atoms with Gasteiger partial charge in [-0.25, -0.2) is 0 Å². The lowest BCUT2D eigenvalue weighted by Crippen LogP contribution is -2.47. The summed E-state index contributed by atoms with van der Waals surface area (Å²) in [5.74, 6) is 0.876. The molecule has 2 aliphatic heterocycles. The standard InChI is InChI=1S/C14H27N5O2.HI/c1-15-14(16-10-13(20)17(2)3)19-5-4-12(11-19)18-6-8-21-9-7-18;/h12H,4-11H2,1-3H3,(H,15,16);1H. The number of nitrogens with zero attached hydrogens (tertiary/aromatic N) is 4. The Hall–Kier alpha value is -0.610. The van der Waals surface area contributed by atoms with Gasteiger partial charge in [0.05, 0.1) is 19.8 Å². The Labute approximate surface area is 150 Å². The van der Waals surface area contributed by atoms with E-state index >= 15 is 0 Å². The van der Waals surface area contributed by atoms with E-state index in [0.29, 0.717) is 12.6 Å². The van der Waals surface area contributed by atoms with E-state index in [1.54, 1.807) is 26.0 Å². The molecule has 0 aliphatic carbocycles. The number of nitrogens with one attached hydrogen (secondary N) is 1. The van der Waals surface area contributed by atoms with Crippen molar-refractivity contribution in [1.82, 2.24) is 20.0 Å². The number of likely N-dealkylation sites (N-methyl/N-ethyl adjacent to an activating group) is 1. The summed E-state index contributed by atoms with van der Waals surface area (Å²) in [5, 5.41) is 3.16. The minimum atomic E-state index is 0. The van der Waals surface area contributed by atoms with Gasteiger partial charge in [-0.1, -0.05) is 0 Å². The molecule has 8 heteroatoms. The maximum atomic E-state index is 11.7. The molecule has 128 valence electrons. The molecular formula is C14H28IN5O2. The highest BCUT2D eigenvalue weighted by Gasteiger charge is 2.30. The fourth-order valence-electron chi connectivity index (χ4n) is 2.82. The number of hydrogen-bond donors (Lipinski definition) is 1. The predicted molar refractivity (Wildman–Crippen MR) is 97.8 cm³/mol. The molecule has 2 saturated heterocycles. The topological polar surface area (TPSA) is 60.4 Å². The third kappa shape index (κ3) is 5.24. The minimum Gasteiger partial charge on any atom is -0.379 e. The molecule has 2 fully saturated rings. The smallest absolute Gasteiger partial charge is 0.241 e. The van der Waals surface area contributed by atoms with Crippen LogP contribution in [0.3, 0.4) is 0 Å². The molecule has 1 amide bonds. The van der Waals surface area contributed by atoms with Gasteiger partial charge in [0.2, 0.25) is 5.91 Å². The van der Waals surface area contributed by atoms with E-state index in [2.05, 4.69) is 20.1 Å². The lowest BCUT2D eigenvalue weighted by atomic mass is 10.2. The van der Waals surface area contributed by atoms with Gasteiger partial charge in [0, 0.05) is 53.4 Å². The van der Waals surface area contributed by atoms with E-state index in [9.17, 15) is 4.79 Å². The molecule has 0 aromatic carbocycles. The molecule has 1 N–H and O–H groups in total. The highest BCUT2D eigenvalue weighted by molar-refractivity contribution is 14.0. The highest BCUT2D eigenvalue weighted by atomic mass is 127. The number of hydrogen-bond acceptors (Lipinski definition) is 4. The molecule has 0 radical (unpaired) electrons. The first kappa shape index (κ1) is 19.4. The monoisotopic (exact) mass is 425 g/mol. The number of guanidine groups is 1. The second kappa shape index (κ2) is 9.51. The maximum absolute atomic E-state index is 11.7. The summed E-state index contributed by atoms with van der Waals surface area (Å²) in [6.45, 7) is 5.95. The number of amides is 1. The maximum Gasteiger partial charge on any atom is 0.241 e. The number of carbonyl (C=O) groups is 1. The van der Waals surface area contributed by atoms with E-state index in [1.807, 2.05) is 0 Å². The Kier molecular flexibility index (Phi) is 8.40. The third-order valence-corrected chi connectivity index (χ3v) is 4.13. The Morgan fingerprint density at radius 3 is 2.59 bits per heavy atom. The molecule has 0 aromatic heterocycles. The largest absolute Gasteiger partial charge is 0.379 e. The van der Waals surface area contributed by atoms with Crippen molar-refractivity contribution in [3.63, 3.8) is 0 Å². The van der Waals surface area contributed by atoms with Gasteiger partial charge in [0.25, 0.3) is 0 Å². The van der Waals surface area contributed by atoms with E-state index in [-0.39, 0.29) is 29.9 Å². The average molecular weight is 425 g/mol. The summed E-state index contributed by atoms with van der Waals surface area (Å²) in [4.78, 5) is 22.3. The van der Waals surface area contributed by atoms with Crippen LogP contribution in [0.25, 0.3) is 0 Å². The van der Waals surface area contributed by atoms with Crippen LogP contribution in [0.15, 0.2) is 4.99 Å². The van der Waals surface area contributed by atoms with Crippen molar-refractivity contribution >= 4 is 35.8 Å². The summed E-state index contributed by atoms with van der Waals surface area (Å²) in [5.41, 5.74) is 0. The van der Waals surface area contributed by atoms with Gasteiger partial charge in [0.1, 0.15) is 0 Å². The van der Waals surface area contributed by atoms with Crippen LogP contribution in [-0.4, -0.2) is 99.7 Å². The summed E-state index contributed by atoms with van der Waals surface area (Å²) in [6.07, 6.45) is 1.14. The third-order valence-electron chi connectivity index (χ3n) is 4.13. The van der Waals surface area contributed by atoms with Crippen LogP contribution in [0, 0.1) is 0 Å². The Bertz CT molecular complexity index is 385. The van der Waals surface area contributed by atoms with Crippen LogP contribution >= 0.6 is 24.0 Å². The average Bonchev–Trinajstić information content (AvgIpc) is 2.98. The number of carbonyl (C=O) groups excluding carboxylic acids is 1. The van der Waals surface area contributed by atoms with Crippen molar-refractivity contribution in [2.45, 2.75) is 12.5 Å². The van der Waals surface area contributed by atoms with Crippen LogP contribution in [0.5, 0.6) is 0 Å². The summed E-state index contributed by atoms with van der Waals surface area (Å²) >= 11 is 0. The molecule has 1 atom stereocenters. The van der Waals surface area contributed by atoms with Gasteiger partial charge in [-0.05, 0) is 6.42 Å². The van der Waals surface area contributed by atoms with Gasteiger partial charge in [-0.3, -0.25) is 14.7 Å². The fourth-order valence-corrected chi connectivity index (χ4v) is 2.82. The highest BCUT2D eigenvalue weighted by Crippen LogP contribution is 2.16. The zero-order chi connectivity index (χ0) is 15.2. The molecular weight excluding hydrogens is 397 g/mol. The lowest BCUT2D eigenvalue weighted by Gasteiger charge is -2.32. The molecule has 1 unspecified atom stereocenters. The molecule has 0 aromatic rings. The second-order valence-corrected chi connectivity index (χ2v) is 5.73. The van der Waals surface area contributed by atoms with E-state index < -0.39 is 0 Å². The van der Waals surface area contributed by atoms with Crippen molar-refractivity contribution in [3.8, 4) is 0 Å². The van der Waals surface area contributed by atoms with Crippen LogP contribution in [-0.2, 0) is 9.53 Å². The van der Waals surface area contributed by atoms with Crippen LogP contribution < -0.4 is 5.32 Å². The van der Waals surface area contributed by atoms with E-state index in [4.69, 9.17) is 4.74 Å². The fraction of sp³-hybridized carbons (Fsp3) is 0.857. The Morgan fingerprint density at radius 1 is 1.32 bits per heavy atom. The van der Waals surface area contributed by atoms with Crippen LogP contribution in [0.4, 0.5) is 0 Å². The summed E-state index contributed by atoms with van der Waals surface area (Å²) < 4.78 is 5.41. The second-order valence-electron chi connectivity index (χ2n) is 5.73. The van der Waals surface area contributed by atoms with Crippen molar-refractivity contribution in [1.29, 1.82) is 0 Å². The van der Waals surface area contributed by atoms with E-state index in [0.717, 1.165) is 51.8 Å². The van der Waals surface area contributed by atoms with E-state index in [1.165, 1.54) is 0 Å². The van der Waals surface area contributed by atoms with Gasteiger partial charge in [-0.15, -0.1) is 24.0 Å². The lowest BCUT2D eigenvalue weighted by molar-refractivity contribution is -0.127. The number of rotatable bonds is 3. The molecule has 0 saturated carbocycles. The van der Waals surface area contributed by atoms with Crippen LogP contribution in [0.1, 0.15) is 6.42 Å². The molecule has 0 bridgehead atoms. The SMILES string of the molecule is CN=C(NCC(=O)N(C)C)N1CCC(N2CCOCC2)C1.I. The molecule has 22 heavy (non-hydrogen) atoms. The Morgan fingerprint density at radius 2 is 2.00 bits per heavy atom. The molecule has 7 nitrogen and oxygen atoms in total. The van der Waals surface area contributed by atoms with Crippen molar-refractivity contribution in [2.75, 3.05) is 67.1 Å². The molecule has 2 heterocycles. The first-order chi connectivity index (χ1) is 10.1. The zero-order valence-corrected chi connectivity index (χ0v) is 16.1. The number of likely N-dealkylation sites (tertiary alicyclic amines) is 1. The van der Waals surface area contributed by atoms with Gasteiger partial charge in [0.15, 0.2) is 5.96 Å². The minimum absolute atomic E-state index is 0. The number of halogens is 1. The summed E-state index contributed by atoms with van der Waals surface area (Å²) in [7, 11) is 5.29. The quantitative estimate of drug-likeness (QED) is 0.382. The zero-order valence-electron chi connectivity index (χ0n) is 13.7. The number of morpholine rings is 1. The Balaban J connectivity index is 0.00000242. The first-order valence-corrected chi connectivity index (χ1v) is 7.59. The number of aliphatic imine (C=N–C) groups is 1. The normalized spacial score (nSPS) is 23.1. The predicted octanol–water partition coefficient (Wildman–Crippen LogP) is -0.325. The van der Waals surface area contributed by atoms with Crippen molar-refractivity contribution in [2.24, 2.45) is 4.99 Å². The molecule has 2 aliphatic rings. The van der Waals surface area contributed by atoms with Gasteiger partial charge >= 0.3 is 0 Å². The van der Waals surface area contributed by atoms with Crippen molar-refractivity contribution in [3.05, 3.63) is 0 Å². The summed E-state index contributed by atoms with van der Waals surface area (Å²) in [6, 6.07) is 0.567. The van der Waals surface area contributed by atoms with Crippen molar-refractivity contribution < 1.29 is 9.53 Å². The van der Waals surface area contributed by atoms with Gasteiger partial charge in [-0.2, -0.15) is 0 Å². The van der Waals surface area contributed by atoms with Crippen LogP contribution in [0.2, 0.25) is 0 Å². The van der Waals surface area contributed by atoms with Gasteiger partial charge < -0.3 is 19.9 Å². The number of ether oxygens (including phenoxy) is 1. The first-order valence-electron chi connectivity index (χ1n) is 7.59. The molecule has 0 spiro atoms.